The monoisotopic (exact) mass is 355 g/mol. The zero-order chi connectivity index (χ0) is 17.9. The van der Waals surface area contributed by atoms with Crippen LogP contribution < -0.4 is 14.4 Å². The second-order valence-corrected chi connectivity index (χ2v) is 6.06. The molecule has 0 bridgehead atoms. The highest BCUT2D eigenvalue weighted by atomic mass is 16.5. The van der Waals surface area contributed by atoms with Crippen molar-refractivity contribution in [2.24, 2.45) is 0 Å². The lowest BCUT2D eigenvalue weighted by Gasteiger charge is -2.27. The molecular formula is C18H21N5O3. The van der Waals surface area contributed by atoms with Crippen LogP contribution in [0.3, 0.4) is 0 Å². The van der Waals surface area contributed by atoms with E-state index >= 15 is 0 Å². The average molecular weight is 355 g/mol. The first-order valence-corrected chi connectivity index (χ1v) is 8.49. The van der Waals surface area contributed by atoms with Crippen molar-refractivity contribution in [3.63, 3.8) is 0 Å². The smallest absolute Gasteiger partial charge is 0.165 e. The molecule has 0 radical (unpaired) electrons. The Balaban J connectivity index is 1.68. The summed E-state index contributed by atoms with van der Waals surface area (Å²) in [6, 6.07) is 5.82. The summed E-state index contributed by atoms with van der Waals surface area (Å²) in [4.78, 5) is 15.7. The van der Waals surface area contributed by atoms with Gasteiger partial charge in [-0.25, -0.2) is 15.0 Å². The number of hydrogen-bond acceptors (Lipinski definition) is 7. The molecule has 136 valence electrons. The molecule has 1 aliphatic rings. The zero-order valence-corrected chi connectivity index (χ0v) is 14.9. The van der Waals surface area contributed by atoms with E-state index in [2.05, 4.69) is 19.9 Å². The Morgan fingerprint density at radius 1 is 1.00 bits per heavy atom. The Labute approximate surface area is 151 Å². The van der Waals surface area contributed by atoms with E-state index in [4.69, 9.17) is 14.2 Å². The van der Waals surface area contributed by atoms with E-state index in [9.17, 15) is 0 Å². The third-order valence-electron chi connectivity index (χ3n) is 4.46. The summed E-state index contributed by atoms with van der Waals surface area (Å²) in [5, 5.41) is 0. The molecule has 1 saturated heterocycles. The third kappa shape index (κ3) is 3.15. The van der Waals surface area contributed by atoms with Gasteiger partial charge >= 0.3 is 0 Å². The van der Waals surface area contributed by atoms with Crippen LogP contribution in [0.5, 0.6) is 11.5 Å². The molecule has 0 atom stereocenters. The van der Waals surface area contributed by atoms with Crippen molar-refractivity contribution in [2.75, 3.05) is 45.4 Å². The Morgan fingerprint density at radius 3 is 2.42 bits per heavy atom. The minimum atomic E-state index is 0.615. The summed E-state index contributed by atoms with van der Waals surface area (Å²) < 4.78 is 18.1. The number of rotatable bonds is 5. The standard InChI is InChI=1S/C18H21N5O3/c1-24-14-7-13(8-15(9-14)25-2)10-23-12-21-16-17(19-11-20-18(16)23)22-3-5-26-6-4-22/h7-9,11-12H,3-6,10H2,1-2H3. The molecule has 8 nitrogen and oxygen atoms in total. The first-order chi connectivity index (χ1) is 12.8. The number of benzene rings is 1. The van der Waals surface area contributed by atoms with Crippen molar-refractivity contribution in [1.82, 2.24) is 19.5 Å². The summed E-state index contributed by atoms with van der Waals surface area (Å²) >= 11 is 0. The van der Waals surface area contributed by atoms with E-state index in [1.807, 2.05) is 22.8 Å². The van der Waals surface area contributed by atoms with Gasteiger partial charge < -0.3 is 23.7 Å². The Kier molecular flexibility index (Phi) is 4.57. The van der Waals surface area contributed by atoms with Crippen LogP contribution in [-0.2, 0) is 11.3 Å². The van der Waals surface area contributed by atoms with E-state index in [1.54, 1.807) is 26.9 Å². The molecule has 8 heteroatoms. The number of anilines is 1. The largest absolute Gasteiger partial charge is 0.497 e. The van der Waals surface area contributed by atoms with Crippen molar-refractivity contribution < 1.29 is 14.2 Å². The number of morpholine rings is 1. The molecule has 0 spiro atoms. The van der Waals surface area contributed by atoms with Gasteiger partial charge in [-0.05, 0) is 17.7 Å². The van der Waals surface area contributed by atoms with E-state index in [1.165, 1.54) is 0 Å². The maximum atomic E-state index is 5.43. The molecule has 1 aromatic carbocycles. The van der Waals surface area contributed by atoms with Crippen LogP contribution >= 0.6 is 0 Å². The quantitative estimate of drug-likeness (QED) is 0.690. The fourth-order valence-corrected chi connectivity index (χ4v) is 3.14. The van der Waals surface area contributed by atoms with Crippen molar-refractivity contribution in [3.8, 4) is 11.5 Å². The van der Waals surface area contributed by atoms with Gasteiger partial charge in [0.25, 0.3) is 0 Å². The van der Waals surface area contributed by atoms with Gasteiger partial charge in [0.1, 0.15) is 17.8 Å². The minimum Gasteiger partial charge on any atom is -0.497 e. The second kappa shape index (κ2) is 7.17. The molecule has 0 unspecified atom stereocenters. The van der Waals surface area contributed by atoms with E-state index in [0.717, 1.165) is 47.1 Å². The molecular weight excluding hydrogens is 334 g/mol. The Hall–Kier alpha value is -2.87. The summed E-state index contributed by atoms with van der Waals surface area (Å²) in [5.41, 5.74) is 2.67. The molecule has 1 fully saturated rings. The van der Waals surface area contributed by atoms with Gasteiger partial charge in [0.15, 0.2) is 17.0 Å². The molecule has 4 rings (SSSR count). The molecule has 0 N–H and O–H groups in total. The number of nitrogens with zero attached hydrogens (tertiary/aromatic N) is 5. The average Bonchev–Trinajstić information content (AvgIpc) is 3.11. The van der Waals surface area contributed by atoms with Crippen LogP contribution in [0.25, 0.3) is 11.2 Å². The van der Waals surface area contributed by atoms with Crippen LogP contribution in [0.1, 0.15) is 5.56 Å². The highest BCUT2D eigenvalue weighted by Crippen LogP contribution is 2.26. The minimum absolute atomic E-state index is 0.615. The van der Waals surface area contributed by atoms with Crippen LogP contribution in [0.15, 0.2) is 30.9 Å². The van der Waals surface area contributed by atoms with Crippen molar-refractivity contribution in [2.45, 2.75) is 6.54 Å². The summed E-state index contributed by atoms with van der Waals surface area (Å²) in [5.74, 6) is 2.38. The van der Waals surface area contributed by atoms with E-state index in [0.29, 0.717) is 19.8 Å². The molecule has 3 heterocycles. The molecule has 0 saturated carbocycles. The zero-order valence-electron chi connectivity index (χ0n) is 14.9. The first kappa shape index (κ1) is 16.6. The van der Waals surface area contributed by atoms with Gasteiger partial charge in [-0.1, -0.05) is 0 Å². The third-order valence-corrected chi connectivity index (χ3v) is 4.46. The number of hydrogen-bond donors (Lipinski definition) is 0. The molecule has 0 amide bonds. The Morgan fingerprint density at radius 2 is 1.73 bits per heavy atom. The predicted molar refractivity (Wildman–Crippen MR) is 97.0 cm³/mol. The van der Waals surface area contributed by atoms with Gasteiger partial charge in [0, 0.05) is 19.2 Å². The topological polar surface area (TPSA) is 74.5 Å². The fraction of sp³-hybridized carbons (Fsp3) is 0.389. The van der Waals surface area contributed by atoms with Crippen LogP contribution in [0.4, 0.5) is 5.82 Å². The number of fused-ring (bicyclic) bond motifs is 1. The van der Waals surface area contributed by atoms with E-state index in [-0.39, 0.29) is 0 Å². The normalized spacial score (nSPS) is 14.6. The summed E-state index contributed by atoms with van der Waals surface area (Å²) in [6.07, 6.45) is 3.40. The maximum absolute atomic E-state index is 5.43. The van der Waals surface area contributed by atoms with Crippen LogP contribution in [0.2, 0.25) is 0 Å². The summed E-state index contributed by atoms with van der Waals surface area (Å²) in [6.45, 7) is 3.65. The number of methoxy groups -OCH3 is 2. The van der Waals surface area contributed by atoms with Crippen molar-refractivity contribution in [3.05, 3.63) is 36.4 Å². The lowest BCUT2D eigenvalue weighted by Crippen LogP contribution is -2.36. The number of aromatic nitrogens is 4. The van der Waals surface area contributed by atoms with E-state index < -0.39 is 0 Å². The molecule has 3 aromatic rings. The van der Waals surface area contributed by atoms with Crippen molar-refractivity contribution >= 4 is 17.0 Å². The molecule has 26 heavy (non-hydrogen) atoms. The lowest BCUT2D eigenvalue weighted by molar-refractivity contribution is 0.122. The van der Waals surface area contributed by atoms with Gasteiger partial charge in [-0.15, -0.1) is 0 Å². The SMILES string of the molecule is COc1cc(Cn2cnc3c(N4CCOCC4)ncnc32)cc(OC)c1. The van der Waals surface area contributed by atoms with Crippen LogP contribution in [-0.4, -0.2) is 60.0 Å². The first-order valence-electron chi connectivity index (χ1n) is 8.49. The van der Waals surface area contributed by atoms with Gasteiger partial charge in [0.2, 0.25) is 0 Å². The van der Waals surface area contributed by atoms with Gasteiger partial charge in [0.05, 0.1) is 40.3 Å². The Bertz CT molecular complexity index is 883. The van der Waals surface area contributed by atoms with Crippen LogP contribution in [0, 0.1) is 0 Å². The lowest BCUT2D eigenvalue weighted by atomic mass is 10.2. The summed E-state index contributed by atoms with van der Waals surface area (Å²) in [7, 11) is 3.29. The van der Waals surface area contributed by atoms with Gasteiger partial charge in [-0.2, -0.15) is 0 Å². The predicted octanol–water partition coefficient (Wildman–Crippen LogP) is 1.73. The maximum Gasteiger partial charge on any atom is 0.165 e. The fourth-order valence-electron chi connectivity index (χ4n) is 3.14. The highest BCUT2D eigenvalue weighted by Gasteiger charge is 2.18. The second-order valence-electron chi connectivity index (χ2n) is 6.06. The van der Waals surface area contributed by atoms with Gasteiger partial charge in [-0.3, -0.25) is 0 Å². The van der Waals surface area contributed by atoms with Crippen molar-refractivity contribution in [1.29, 1.82) is 0 Å². The highest BCUT2D eigenvalue weighted by molar-refractivity contribution is 5.83. The number of ether oxygens (including phenoxy) is 3. The number of imidazole rings is 1. The molecule has 0 aliphatic carbocycles. The molecule has 1 aliphatic heterocycles. The molecule has 2 aromatic heterocycles.